The van der Waals surface area contributed by atoms with E-state index in [1.807, 2.05) is 0 Å². The van der Waals surface area contributed by atoms with Crippen molar-refractivity contribution in [2.45, 2.75) is 25.3 Å². The maximum Gasteiger partial charge on any atom is 0.408 e. The van der Waals surface area contributed by atoms with Crippen LogP contribution >= 0.6 is 0 Å². The van der Waals surface area contributed by atoms with E-state index in [0.29, 0.717) is 4.90 Å². The zero-order valence-corrected chi connectivity index (χ0v) is 9.44. The molecule has 1 heterocycles. The molecule has 0 aliphatic carbocycles. The number of amides is 1. The maximum atomic E-state index is 13.1. The Hall–Kier alpha value is -1.66. The molecular formula is C10H13F2NO4. The van der Waals surface area contributed by atoms with Crippen LogP contribution in [0.1, 0.15) is 13.3 Å². The van der Waals surface area contributed by atoms with Gasteiger partial charge in [-0.1, -0.05) is 6.08 Å². The lowest BCUT2D eigenvalue weighted by Gasteiger charge is -2.17. The van der Waals surface area contributed by atoms with E-state index in [1.165, 1.54) is 13.0 Å². The number of methoxy groups -OCH3 is 1. The summed E-state index contributed by atoms with van der Waals surface area (Å²) in [6.45, 7) is 0.542. The SMILES string of the molecule is COC(=O)C(C)=CC1CC(F)(F)CN1C(=O)O. The molecule has 1 aliphatic heterocycles. The van der Waals surface area contributed by atoms with Crippen molar-refractivity contribution in [2.75, 3.05) is 13.7 Å². The van der Waals surface area contributed by atoms with E-state index >= 15 is 0 Å². The Balaban J connectivity index is 2.89. The summed E-state index contributed by atoms with van der Waals surface area (Å²) in [6.07, 6.45) is -0.852. The van der Waals surface area contributed by atoms with Crippen molar-refractivity contribution in [3.05, 3.63) is 11.6 Å². The number of carbonyl (C=O) groups excluding carboxylic acids is 1. The zero-order chi connectivity index (χ0) is 13.2. The first-order chi connectivity index (χ1) is 7.76. The molecule has 17 heavy (non-hydrogen) atoms. The molecule has 1 amide bonds. The van der Waals surface area contributed by atoms with E-state index in [0.717, 1.165) is 7.11 Å². The second kappa shape index (κ2) is 4.68. The molecule has 7 heteroatoms. The molecule has 1 fully saturated rings. The van der Waals surface area contributed by atoms with Gasteiger partial charge in [-0.2, -0.15) is 0 Å². The lowest BCUT2D eigenvalue weighted by atomic mass is 10.1. The maximum absolute atomic E-state index is 13.1. The van der Waals surface area contributed by atoms with Gasteiger partial charge >= 0.3 is 12.1 Å². The molecule has 0 spiro atoms. The highest BCUT2D eigenvalue weighted by molar-refractivity contribution is 5.87. The Morgan fingerprint density at radius 3 is 2.59 bits per heavy atom. The minimum Gasteiger partial charge on any atom is -0.466 e. The first kappa shape index (κ1) is 13.4. The number of likely N-dealkylation sites (tertiary alicyclic amines) is 1. The molecule has 96 valence electrons. The summed E-state index contributed by atoms with van der Waals surface area (Å²) < 4.78 is 30.6. The first-order valence-corrected chi connectivity index (χ1v) is 4.91. The molecule has 1 rings (SSSR count). The largest absolute Gasteiger partial charge is 0.466 e. The molecule has 1 N–H and O–H groups in total. The number of alkyl halides is 2. The van der Waals surface area contributed by atoms with Crippen LogP contribution in [0.2, 0.25) is 0 Å². The fraction of sp³-hybridized carbons (Fsp3) is 0.600. The van der Waals surface area contributed by atoms with Crippen LogP contribution < -0.4 is 0 Å². The van der Waals surface area contributed by atoms with Crippen molar-refractivity contribution in [1.29, 1.82) is 0 Å². The highest BCUT2D eigenvalue weighted by Crippen LogP contribution is 2.33. The monoisotopic (exact) mass is 249 g/mol. The van der Waals surface area contributed by atoms with Gasteiger partial charge in [0.1, 0.15) is 0 Å². The molecule has 1 aliphatic rings. The van der Waals surface area contributed by atoms with Gasteiger partial charge in [-0.05, 0) is 6.92 Å². The molecule has 0 aromatic heterocycles. The van der Waals surface area contributed by atoms with Crippen LogP contribution in [0.15, 0.2) is 11.6 Å². The van der Waals surface area contributed by atoms with Crippen molar-refractivity contribution in [2.24, 2.45) is 0 Å². The van der Waals surface area contributed by atoms with Gasteiger partial charge in [0, 0.05) is 12.0 Å². The fourth-order valence-electron chi connectivity index (χ4n) is 1.72. The van der Waals surface area contributed by atoms with Gasteiger partial charge in [-0.25, -0.2) is 18.4 Å². The van der Waals surface area contributed by atoms with Crippen LogP contribution in [-0.4, -0.2) is 47.7 Å². The van der Waals surface area contributed by atoms with Gasteiger partial charge in [-0.3, -0.25) is 4.90 Å². The van der Waals surface area contributed by atoms with E-state index in [2.05, 4.69) is 4.74 Å². The summed E-state index contributed by atoms with van der Waals surface area (Å²) in [5.74, 6) is -3.72. The molecule has 1 unspecified atom stereocenters. The van der Waals surface area contributed by atoms with Crippen LogP contribution in [0.3, 0.4) is 0 Å². The molecule has 1 atom stereocenters. The van der Waals surface area contributed by atoms with Gasteiger partial charge in [0.05, 0.1) is 19.7 Å². The minimum absolute atomic E-state index is 0.112. The van der Waals surface area contributed by atoms with Crippen LogP contribution in [0.4, 0.5) is 13.6 Å². The third-order valence-electron chi connectivity index (χ3n) is 2.51. The van der Waals surface area contributed by atoms with Gasteiger partial charge in [0.25, 0.3) is 5.92 Å². The highest BCUT2D eigenvalue weighted by Gasteiger charge is 2.46. The van der Waals surface area contributed by atoms with Crippen molar-refractivity contribution in [3.8, 4) is 0 Å². The summed E-state index contributed by atoms with van der Waals surface area (Å²) in [5.41, 5.74) is 0.112. The van der Waals surface area contributed by atoms with E-state index in [1.54, 1.807) is 0 Å². The van der Waals surface area contributed by atoms with Gasteiger partial charge in [0.2, 0.25) is 0 Å². The molecule has 0 saturated carbocycles. The summed E-state index contributed by atoms with van der Waals surface area (Å²) >= 11 is 0. The Bertz CT molecular complexity index is 367. The van der Waals surface area contributed by atoms with E-state index < -0.39 is 37.0 Å². The number of hydrogen-bond donors (Lipinski definition) is 1. The molecular weight excluding hydrogens is 236 g/mol. The van der Waals surface area contributed by atoms with Crippen LogP contribution in [0.5, 0.6) is 0 Å². The van der Waals surface area contributed by atoms with Crippen molar-refractivity contribution in [1.82, 2.24) is 4.90 Å². The number of rotatable bonds is 2. The third kappa shape index (κ3) is 3.15. The number of ether oxygens (including phenoxy) is 1. The molecule has 5 nitrogen and oxygen atoms in total. The number of esters is 1. The number of nitrogens with zero attached hydrogens (tertiary/aromatic N) is 1. The molecule has 0 aromatic rings. The Kier molecular flexibility index (Phi) is 3.69. The van der Waals surface area contributed by atoms with Gasteiger partial charge < -0.3 is 9.84 Å². The molecule has 0 bridgehead atoms. The Morgan fingerprint density at radius 2 is 2.12 bits per heavy atom. The van der Waals surface area contributed by atoms with Crippen LogP contribution in [0.25, 0.3) is 0 Å². The second-order valence-corrected chi connectivity index (χ2v) is 3.88. The van der Waals surface area contributed by atoms with Crippen molar-refractivity contribution >= 4 is 12.1 Å². The highest BCUT2D eigenvalue weighted by atomic mass is 19.3. The van der Waals surface area contributed by atoms with Crippen LogP contribution in [-0.2, 0) is 9.53 Å². The van der Waals surface area contributed by atoms with E-state index in [9.17, 15) is 18.4 Å². The molecule has 0 radical (unpaired) electrons. The van der Waals surface area contributed by atoms with E-state index in [4.69, 9.17) is 5.11 Å². The summed E-state index contributed by atoms with van der Waals surface area (Å²) in [4.78, 5) is 22.5. The molecule has 1 saturated heterocycles. The average Bonchev–Trinajstić information content (AvgIpc) is 2.52. The predicted octanol–water partition coefficient (Wildman–Crippen LogP) is 1.49. The zero-order valence-electron chi connectivity index (χ0n) is 9.44. The average molecular weight is 249 g/mol. The fourth-order valence-corrected chi connectivity index (χ4v) is 1.72. The lowest BCUT2D eigenvalue weighted by Crippen LogP contribution is -2.34. The quantitative estimate of drug-likeness (QED) is 0.594. The predicted molar refractivity (Wildman–Crippen MR) is 53.9 cm³/mol. The number of carboxylic acid groups (broad SMARTS) is 1. The summed E-state index contributed by atoms with van der Waals surface area (Å²) in [5, 5.41) is 8.77. The Labute approximate surface area is 96.7 Å². The topological polar surface area (TPSA) is 66.8 Å². The lowest BCUT2D eigenvalue weighted by molar-refractivity contribution is -0.136. The first-order valence-electron chi connectivity index (χ1n) is 4.91. The van der Waals surface area contributed by atoms with Gasteiger partial charge in [-0.15, -0.1) is 0 Å². The number of carbonyl (C=O) groups is 2. The van der Waals surface area contributed by atoms with Crippen molar-refractivity contribution in [3.63, 3.8) is 0 Å². The van der Waals surface area contributed by atoms with Crippen molar-refractivity contribution < 1.29 is 28.2 Å². The molecule has 0 aromatic carbocycles. The minimum atomic E-state index is -3.06. The standard InChI is InChI=1S/C10H13F2NO4/c1-6(8(14)17-2)3-7-4-10(11,12)5-13(7)9(15)16/h3,7H,4-5H2,1-2H3,(H,15,16). The number of hydrogen-bond acceptors (Lipinski definition) is 3. The number of halogens is 2. The van der Waals surface area contributed by atoms with E-state index in [-0.39, 0.29) is 5.57 Å². The summed E-state index contributed by atoms with van der Waals surface area (Å²) in [6, 6.07) is -0.999. The smallest absolute Gasteiger partial charge is 0.408 e. The summed E-state index contributed by atoms with van der Waals surface area (Å²) in [7, 11) is 1.16. The third-order valence-corrected chi connectivity index (χ3v) is 2.51. The Morgan fingerprint density at radius 1 is 1.53 bits per heavy atom. The van der Waals surface area contributed by atoms with Gasteiger partial charge in [0.15, 0.2) is 0 Å². The van der Waals surface area contributed by atoms with Crippen LogP contribution in [0, 0.1) is 0 Å². The second-order valence-electron chi connectivity index (χ2n) is 3.88. The normalized spacial score (nSPS) is 23.6.